The average Bonchev–Trinajstić information content (AvgIpc) is 2.98. The summed E-state index contributed by atoms with van der Waals surface area (Å²) in [6.07, 6.45) is 6.06. The second-order valence-electron chi connectivity index (χ2n) is 5.92. The molecule has 2 fully saturated rings. The van der Waals surface area contributed by atoms with Gasteiger partial charge >= 0.3 is 0 Å². The van der Waals surface area contributed by atoms with Crippen LogP contribution in [-0.4, -0.2) is 38.3 Å². The van der Waals surface area contributed by atoms with Crippen molar-refractivity contribution in [3.63, 3.8) is 0 Å². The maximum atomic E-state index is 12.3. The van der Waals surface area contributed by atoms with Gasteiger partial charge in [0.2, 0.25) is 10.0 Å². The summed E-state index contributed by atoms with van der Waals surface area (Å²) >= 11 is 0. The maximum Gasteiger partial charge on any atom is 0.242 e. The number of aryl methyl sites for hydroxylation is 1. The zero-order valence-corrected chi connectivity index (χ0v) is 13.2. The molecule has 2 aliphatic rings. The van der Waals surface area contributed by atoms with Crippen LogP contribution in [0.25, 0.3) is 0 Å². The van der Waals surface area contributed by atoms with Crippen molar-refractivity contribution in [3.8, 4) is 0 Å². The van der Waals surface area contributed by atoms with Gasteiger partial charge in [0.1, 0.15) is 0 Å². The SMILES string of the molecule is Cn1cc(S(=O)(=O)NCC2CCCO2)cc1CNC1CC1. The zero-order chi connectivity index (χ0) is 14.9. The lowest BCUT2D eigenvalue weighted by Gasteiger charge is -2.10. The Morgan fingerprint density at radius 3 is 2.86 bits per heavy atom. The maximum absolute atomic E-state index is 12.3. The van der Waals surface area contributed by atoms with Crippen LogP contribution in [0, 0.1) is 0 Å². The first-order valence-corrected chi connectivity index (χ1v) is 9.03. The van der Waals surface area contributed by atoms with Crippen molar-refractivity contribution in [2.24, 2.45) is 7.05 Å². The Balaban J connectivity index is 1.61. The molecule has 0 spiro atoms. The fourth-order valence-electron chi connectivity index (χ4n) is 2.53. The van der Waals surface area contributed by atoms with E-state index < -0.39 is 10.0 Å². The normalized spacial score (nSPS) is 22.8. The molecule has 1 aliphatic carbocycles. The Morgan fingerprint density at radius 2 is 2.19 bits per heavy atom. The summed E-state index contributed by atoms with van der Waals surface area (Å²) in [5.74, 6) is 0. The number of sulfonamides is 1. The van der Waals surface area contributed by atoms with Crippen molar-refractivity contribution in [3.05, 3.63) is 18.0 Å². The smallest absolute Gasteiger partial charge is 0.242 e. The minimum absolute atomic E-state index is 0.0134. The summed E-state index contributed by atoms with van der Waals surface area (Å²) in [7, 11) is -1.57. The van der Waals surface area contributed by atoms with E-state index >= 15 is 0 Å². The third-order valence-corrected chi connectivity index (χ3v) is 5.46. The summed E-state index contributed by atoms with van der Waals surface area (Å²) in [5, 5.41) is 3.40. The van der Waals surface area contributed by atoms with Crippen molar-refractivity contribution in [1.82, 2.24) is 14.6 Å². The molecule has 21 heavy (non-hydrogen) atoms. The van der Waals surface area contributed by atoms with Crippen LogP contribution in [0.1, 0.15) is 31.4 Å². The fraction of sp³-hybridized carbons (Fsp3) is 0.714. The molecule has 2 heterocycles. The molecule has 1 saturated heterocycles. The molecule has 3 rings (SSSR count). The van der Waals surface area contributed by atoms with E-state index in [1.54, 1.807) is 12.3 Å². The zero-order valence-electron chi connectivity index (χ0n) is 12.3. The van der Waals surface area contributed by atoms with E-state index in [0.29, 0.717) is 24.0 Å². The van der Waals surface area contributed by atoms with E-state index in [2.05, 4.69) is 10.0 Å². The second-order valence-corrected chi connectivity index (χ2v) is 7.69. The van der Waals surface area contributed by atoms with Crippen LogP contribution in [0.3, 0.4) is 0 Å². The monoisotopic (exact) mass is 313 g/mol. The van der Waals surface area contributed by atoms with Gasteiger partial charge in [-0.05, 0) is 31.7 Å². The van der Waals surface area contributed by atoms with Crippen molar-refractivity contribution in [2.45, 2.75) is 49.3 Å². The van der Waals surface area contributed by atoms with E-state index in [1.807, 2.05) is 11.6 Å². The third-order valence-electron chi connectivity index (χ3n) is 4.07. The molecule has 1 aromatic rings. The summed E-state index contributed by atoms with van der Waals surface area (Å²) in [6.45, 7) is 1.80. The standard InChI is InChI=1S/C14H23N3O3S/c1-17-10-14(7-12(17)8-15-11-4-5-11)21(18,19)16-9-13-3-2-6-20-13/h7,10-11,13,15-16H,2-6,8-9H2,1H3. The largest absolute Gasteiger partial charge is 0.377 e. The van der Waals surface area contributed by atoms with Crippen LogP contribution in [0.4, 0.5) is 0 Å². The van der Waals surface area contributed by atoms with Gasteiger partial charge < -0.3 is 14.6 Å². The first kappa shape index (κ1) is 15.0. The first-order chi connectivity index (χ1) is 10.0. The Morgan fingerprint density at radius 1 is 1.38 bits per heavy atom. The molecular weight excluding hydrogens is 290 g/mol. The van der Waals surface area contributed by atoms with Crippen LogP contribution < -0.4 is 10.0 Å². The van der Waals surface area contributed by atoms with E-state index in [-0.39, 0.29) is 6.10 Å². The number of ether oxygens (including phenoxy) is 1. The van der Waals surface area contributed by atoms with Crippen LogP contribution >= 0.6 is 0 Å². The highest BCUT2D eigenvalue weighted by atomic mass is 32.2. The van der Waals surface area contributed by atoms with Crippen LogP contribution in [-0.2, 0) is 28.4 Å². The summed E-state index contributed by atoms with van der Waals surface area (Å²) in [5.41, 5.74) is 0.986. The summed E-state index contributed by atoms with van der Waals surface area (Å²) in [6, 6.07) is 2.35. The lowest BCUT2D eigenvalue weighted by atomic mass is 10.2. The van der Waals surface area contributed by atoms with Gasteiger partial charge in [0, 0.05) is 44.7 Å². The summed E-state index contributed by atoms with van der Waals surface area (Å²) in [4.78, 5) is 0.329. The highest BCUT2D eigenvalue weighted by Gasteiger charge is 2.23. The third kappa shape index (κ3) is 3.85. The molecule has 0 bridgehead atoms. The minimum Gasteiger partial charge on any atom is -0.377 e. The number of hydrogen-bond acceptors (Lipinski definition) is 4. The molecule has 1 unspecified atom stereocenters. The Bertz CT molecular complexity index is 587. The Labute approximate surface area is 125 Å². The Kier molecular flexibility index (Phi) is 4.35. The quantitative estimate of drug-likeness (QED) is 0.778. The molecule has 6 nitrogen and oxygen atoms in total. The van der Waals surface area contributed by atoms with Crippen molar-refractivity contribution in [1.29, 1.82) is 0 Å². The first-order valence-electron chi connectivity index (χ1n) is 7.54. The average molecular weight is 313 g/mol. The molecular formula is C14H23N3O3S. The predicted octanol–water partition coefficient (Wildman–Crippen LogP) is 0.734. The van der Waals surface area contributed by atoms with Gasteiger partial charge in [-0.3, -0.25) is 0 Å². The van der Waals surface area contributed by atoms with Crippen LogP contribution in [0.15, 0.2) is 17.2 Å². The molecule has 7 heteroatoms. The van der Waals surface area contributed by atoms with E-state index in [4.69, 9.17) is 4.74 Å². The predicted molar refractivity (Wildman–Crippen MR) is 79.4 cm³/mol. The van der Waals surface area contributed by atoms with E-state index in [0.717, 1.165) is 25.1 Å². The van der Waals surface area contributed by atoms with E-state index in [9.17, 15) is 8.42 Å². The fourth-order valence-corrected chi connectivity index (χ4v) is 3.69. The van der Waals surface area contributed by atoms with Gasteiger partial charge in [-0.15, -0.1) is 0 Å². The van der Waals surface area contributed by atoms with Gasteiger partial charge in [0.15, 0.2) is 0 Å². The molecule has 0 amide bonds. The number of rotatable bonds is 7. The van der Waals surface area contributed by atoms with Gasteiger partial charge in [-0.2, -0.15) is 0 Å². The molecule has 1 saturated carbocycles. The van der Waals surface area contributed by atoms with Gasteiger partial charge in [0.25, 0.3) is 0 Å². The molecule has 118 valence electrons. The molecule has 1 aliphatic heterocycles. The molecule has 2 N–H and O–H groups in total. The highest BCUT2D eigenvalue weighted by Crippen LogP contribution is 2.20. The van der Waals surface area contributed by atoms with Gasteiger partial charge in [-0.1, -0.05) is 0 Å². The molecule has 0 aromatic carbocycles. The van der Waals surface area contributed by atoms with Crippen molar-refractivity contribution < 1.29 is 13.2 Å². The van der Waals surface area contributed by atoms with Crippen molar-refractivity contribution >= 4 is 10.0 Å². The lowest BCUT2D eigenvalue weighted by molar-refractivity contribution is 0.114. The summed E-state index contributed by atoms with van der Waals surface area (Å²) < 4.78 is 34.6. The second kappa shape index (κ2) is 6.08. The van der Waals surface area contributed by atoms with Crippen molar-refractivity contribution in [2.75, 3.05) is 13.2 Å². The van der Waals surface area contributed by atoms with Crippen LogP contribution in [0.5, 0.6) is 0 Å². The number of aromatic nitrogens is 1. The topological polar surface area (TPSA) is 72.4 Å². The molecule has 1 atom stereocenters. The highest BCUT2D eigenvalue weighted by molar-refractivity contribution is 7.89. The molecule has 0 radical (unpaired) electrons. The van der Waals surface area contributed by atoms with Crippen LogP contribution in [0.2, 0.25) is 0 Å². The van der Waals surface area contributed by atoms with Gasteiger partial charge in [-0.25, -0.2) is 13.1 Å². The number of nitrogens with zero attached hydrogens (tertiary/aromatic N) is 1. The number of nitrogens with one attached hydrogen (secondary N) is 2. The van der Waals surface area contributed by atoms with Gasteiger partial charge in [0.05, 0.1) is 11.0 Å². The minimum atomic E-state index is -3.45. The Hall–Kier alpha value is -0.890. The lowest BCUT2D eigenvalue weighted by Crippen LogP contribution is -2.31. The van der Waals surface area contributed by atoms with E-state index in [1.165, 1.54) is 12.8 Å². The number of hydrogen-bond donors (Lipinski definition) is 2. The molecule has 1 aromatic heterocycles.